The first-order valence-electron chi connectivity index (χ1n) is 5.64. The molecular formula is C13H21ClN2O. The average molecular weight is 257 g/mol. The Morgan fingerprint density at radius 2 is 2.06 bits per heavy atom. The summed E-state index contributed by atoms with van der Waals surface area (Å²) in [5.41, 5.74) is 6.79. The number of hydrogen-bond acceptors (Lipinski definition) is 3. The summed E-state index contributed by atoms with van der Waals surface area (Å²) in [6.45, 7) is 5.59. The summed E-state index contributed by atoms with van der Waals surface area (Å²) in [5.74, 6) is 0.856. The molecule has 3 nitrogen and oxygen atoms in total. The molecule has 0 atom stereocenters. The van der Waals surface area contributed by atoms with E-state index in [1.54, 1.807) is 7.11 Å². The minimum absolute atomic E-state index is 0.0483. The highest BCUT2D eigenvalue weighted by molar-refractivity contribution is 6.30. The maximum atomic E-state index is 6.01. The second-order valence-electron chi connectivity index (χ2n) is 4.83. The van der Waals surface area contributed by atoms with E-state index in [4.69, 9.17) is 22.1 Å². The van der Waals surface area contributed by atoms with Crippen LogP contribution in [0.3, 0.4) is 0 Å². The molecule has 17 heavy (non-hydrogen) atoms. The zero-order chi connectivity index (χ0) is 13.1. The van der Waals surface area contributed by atoms with Gasteiger partial charge in [-0.05, 0) is 39.1 Å². The Balaban J connectivity index is 2.91. The monoisotopic (exact) mass is 256 g/mol. The molecule has 1 aromatic rings. The lowest BCUT2D eigenvalue weighted by Crippen LogP contribution is -2.46. The number of benzene rings is 1. The molecule has 4 heteroatoms. The van der Waals surface area contributed by atoms with E-state index in [0.29, 0.717) is 6.54 Å². The first-order valence-corrected chi connectivity index (χ1v) is 6.02. The third-order valence-corrected chi connectivity index (χ3v) is 3.42. The van der Waals surface area contributed by atoms with Crippen LogP contribution in [0.4, 0.5) is 0 Å². The molecule has 0 unspecified atom stereocenters. The second-order valence-corrected chi connectivity index (χ2v) is 5.27. The Bertz CT molecular complexity index is 380. The van der Waals surface area contributed by atoms with Crippen molar-refractivity contribution in [2.45, 2.75) is 25.9 Å². The minimum atomic E-state index is -0.0483. The first-order chi connectivity index (χ1) is 7.90. The predicted molar refractivity (Wildman–Crippen MR) is 72.6 cm³/mol. The first kappa shape index (κ1) is 14.3. The van der Waals surface area contributed by atoms with Crippen molar-refractivity contribution in [3.8, 4) is 5.75 Å². The Kier molecular flexibility index (Phi) is 4.80. The van der Waals surface area contributed by atoms with E-state index < -0.39 is 0 Å². The second kappa shape index (κ2) is 5.71. The number of nitrogens with two attached hydrogens (primary N) is 1. The maximum Gasteiger partial charge on any atom is 0.123 e. The number of rotatable bonds is 5. The van der Waals surface area contributed by atoms with Gasteiger partial charge in [0.05, 0.1) is 7.11 Å². The molecule has 0 aromatic heterocycles. The van der Waals surface area contributed by atoms with Crippen LogP contribution in [0.15, 0.2) is 18.2 Å². The molecular weight excluding hydrogens is 236 g/mol. The van der Waals surface area contributed by atoms with E-state index in [1.807, 2.05) is 25.2 Å². The number of ether oxygens (including phenoxy) is 1. The standard InChI is InChI=1S/C13H21ClN2O/c1-13(2,9-15)16(3)8-10-7-11(14)5-6-12(10)17-4/h5-7H,8-9,15H2,1-4H3. The number of hydrogen-bond donors (Lipinski definition) is 1. The van der Waals surface area contributed by atoms with E-state index in [-0.39, 0.29) is 5.54 Å². The number of nitrogens with zero attached hydrogens (tertiary/aromatic N) is 1. The lowest BCUT2D eigenvalue weighted by atomic mass is 10.0. The molecule has 96 valence electrons. The highest BCUT2D eigenvalue weighted by atomic mass is 35.5. The smallest absolute Gasteiger partial charge is 0.123 e. The van der Waals surface area contributed by atoms with Crippen molar-refractivity contribution in [3.63, 3.8) is 0 Å². The van der Waals surface area contributed by atoms with Gasteiger partial charge in [-0.1, -0.05) is 11.6 Å². The molecule has 2 N–H and O–H groups in total. The van der Waals surface area contributed by atoms with E-state index in [1.165, 1.54) is 0 Å². The van der Waals surface area contributed by atoms with Crippen LogP contribution in [0.25, 0.3) is 0 Å². The molecule has 0 spiro atoms. The molecule has 0 aliphatic carbocycles. The minimum Gasteiger partial charge on any atom is -0.496 e. The van der Waals surface area contributed by atoms with Gasteiger partial charge in [0.2, 0.25) is 0 Å². The zero-order valence-corrected chi connectivity index (χ0v) is 11.7. The molecule has 0 fully saturated rings. The molecule has 1 aromatic carbocycles. The van der Waals surface area contributed by atoms with Crippen LogP contribution in [0.2, 0.25) is 5.02 Å². The Hall–Kier alpha value is -0.770. The normalized spacial score (nSPS) is 11.9. The van der Waals surface area contributed by atoms with Gasteiger partial charge in [0.1, 0.15) is 5.75 Å². The van der Waals surface area contributed by atoms with Crippen LogP contribution >= 0.6 is 11.6 Å². The number of likely N-dealkylation sites (N-methyl/N-ethyl adjacent to an activating group) is 1. The number of halogens is 1. The molecule has 0 amide bonds. The SMILES string of the molecule is COc1ccc(Cl)cc1CN(C)C(C)(C)CN. The predicted octanol–water partition coefficient (Wildman–Crippen LogP) is 2.52. The van der Waals surface area contributed by atoms with Gasteiger partial charge in [0.25, 0.3) is 0 Å². The van der Waals surface area contributed by atoms with Crippen LogP contribution in [-0.2, 0) is 6.54 Å². The summed E-state index contributed by atoms with van der Waals surface area (Å²) in [5, 5.41) is 0.722. The van der Waals surface area contributed by atoms with Crippen LogP contribution in [-0.4, -0.2) is 31.1 Å². The summed E-state index contributed by atoms with van der Waals surface area (Å²) in [6, 6.07) is 5.66. The lowest BCUT2D eigenvalue weighted by Gasteiger charge is -2.34. The molecule has 1 rings (SSSR count). The molecule has 0 aliphatic heterocycles. The molecule has 0 saturated carbocycles. The fourth-order valence-corrected chi connectivity index (χ4v) is 1.69. The highest BCUT2D eigenvalue weighted by Crippen LogP contribution is 2.25. The van der Waals surface area contributed by atoms with Gasteiger partial charge in [-0.2, -0.15) is 0 Å². The quantitative estimate of drug-likeness (QED) is 0.880. The summed E-state index contributed by atoms with van der Waals surface area (Å²) in [7, 11) is 3.72. The van der Waals surface area contributed by atoms with Gasteiger partial charge < -0.3 is 10.5 Å². The average Bonchev–Trinajstić information content (AvgIpc) is 2.29. The molecule has 0 heterocycles. The van der Waals surface area contributed by atoms with Crippen LogP contribution in [0.1, 0.15) is 19.4 Å². The van der Waals surface area contributed by atoms with Gasteiger partial charge in [0, 0.05) is 29.2 Å². The van der Waals surface area contributed by atoms with Crippen molar-refractivity contribution in [2.24, 2.45) is 5.73 Å². The number of methoxy groups -OCH3 is 1. The van der Waals surface area contributed by atoms with E-state index >= 15 is 0 Å². The Morgan fingerprint density at radius 3 is 2.59 bits per heavy atom. The van der Waals surface area contributed by atoms with Crippen molar-refractivity contribution in [1.29, 1.82) is 0 Å². The van der Waals surface area contributed by atoms with E-state index in [2.05, 4.69) is 18.7 Å². The van der Waals surface area contributed by atoms with Crippen molar-refractivity contribution in [1.82, 2.24) is 4.90 Å². The summed E-state index contributed by atoms with van der Waals surface area (Å²) in [4.78, 5) is 2.20. The van der Waals surface area contributed by atoms with Gasteiger partial charge in [0.15, 0.2) is 0 Å². The summed E-state index contributed by atoms with van der Waals surface area (Å²) < 4.78 is 5.33. The van der Waals surface area contributed by atoms with Crippen LogP contribution in [0, 0.1) is 0 Å². The van der Waals surface area contributed by atoms with E-state index in [0.717, 1.165) is 22.9 Å². The van der Waals surface area contributed by atoms with Gasteiger partial charge in [-0.15, -0.1) is 0 Å². The van der Waals surface area contributed by atoms with Gasteiger partial charge >= 0.3 is 0 Å². The van der Waals surface area contributed by atoms with Gasteiger partial charge in [-0.3, -0.25) is 4.90 Å². The fourth-order valence-electron chi connectivity index (χ4n) is 1.50. The molecule has 0 bridgehead atoms. The summed E-state index contributed by atoms with van der Waals surface area (Å²) >= 11 is 6.01. The zero-order valence-electron chi connectivity index (χ0n) is 11.0. The van der Waals surface area contributed by atoms with Crippen molar-refractivity contribution in [2.75, 3.05) is 20.7 Å². The Morgan fingerprint density at radius 1 is 1.41 bits per heavy atom. The van der Waals surface area contributed by atoms with Crippen LogP contribution < -0.4 is 10.5 Å². The maximum absolute atomic E-state index is 6.01. The molecule has 0 radical (unpaired) electrons. The van der Waals surface area contributed by atoms with Crippen LogP contribution in [0.5, 0.6) is 5.75 Å². The van der Waals surface area contributed by atoms with E-state index in [9.17, 15) is 0 Å². The summed E-state index contributed by atoms with van der Waals surface area (Å²) in [6.07, 6.45) is 0. The topological polar surface area (TPSA) is 38.5 Å². The lowest BCUT2D eigenvalue weighted by molar-refractivity contribution is 0.154. The highest BCUT2D eigenvalue weighted by Gasteiger charge is 2.22. The molecule has 0 aliphatic rings. The Labute approximate surface area is 109 Å². The van der Waals surface area contributed by atoms with Gasteiger partial charge in [-0.25, -0.2) is 0 Å². The van der Waals surface area contributed by atoms with Crippen molar-refractivity contribution >= 4 is 11.6 Å². The third kappa shape index (κ3) is 3.60. The largest absolute Gasteiger partial charge is 0.496 e. The molecule has 0 saturated heterocycles. The fraction of sp³-hybridized carbons (Fsp3) is 0.538. The van der Waals surface area contributed by atoms with Crippen molar-refractivity contribution < 1.29 is 4.74 Å². The van der Waals surface area contributed by atoms with Crippen molar-refractivity contribution in [3.05, 3.63) is 28.8 Å². The third-order valence-electron chi connectivity index (χ3n) is 3.18.